The number of para-hydroxylation sites is 1. The van der Waals surface area contributed by atoms with E-state index in [-0.39, 0.29) is 6.04 Å². The predicted octanol–water partition coefficient (Wildman–Crippen LogP) is 3.20. The number of ether oxygens (including phenoxy) is 1. The van der Waals surface area contributed by atoms with Gasteiger partial charge in [-0.15, -0.1) is 0 Å². The molecule has 0 aromatic heterocycles. The van der Waals surface area contributed by atoms with Crippen molar-refractivity contribution in [1.82, 2.24) is 4.90 Å². The molecule has 0 amide bonds. The van der Waals surface area contributed by atoms with Crippen LogP contribution in [0.1, 0.15) is 38.8 Å². The normalized spacial score (nSPS) is 12.9. The molecule has 0 bridgehead atoms. The minimum atomic E-state index is 0.261. The zero-order valence-electron chi connectivity index (χ0n) is 11.7. The molecule has 0 fully saturated rings. The number of nitrogens with zero attached hydrogens (tertiary/aromatic N) is 1. The molecular weight excluding hydrogens is 226 g/mol. The smallest absolute Gasteiger partial charge is 0.120 e. The van der Waals surface area contributed by atoms with Crippen LogP contribution in [0, 0.1) is 0 Å². The van der Waals surface area contributed by atoms with Crippen LogP contribution in [0.3, 0.4) is 0 Å². The topological polar surface area (TPSA) is 32.7 Å². The van der Waals surface area contributed by atoms with Crippen LogP contribution in [0.25, 0.3) is 0 Å². The Kier molecular flexibility index (Phi) is 6.76. The van der Waals surface area contributed by atoms with Gasteiger partial charge in [-0.25, -0.2) is 0 Å². The molecule has 3 nitrogen and oxygen atoms in total. The third-order valence-electron chi connectivity index (χ3n) is 3.26. The molecule has 1 aromatic carbocycles. The molecule has 0 saturated carbocycles. The van der Waals surface area contributed by atoms with Gasteiger partial charge >= 0.3 is 0 Å². The number of hydrogen-bond acceptors (Lipinski definition) is 3. The molecular formula is C15H25NO2. The second kappa shape index (κ2) is 8.11. The summed E-state index contributed by atoms with van der Waals surface area (Å²) in [5.74, 6) is 0.388. The fourth-order valence-electron chi connectivity index (χ4n) is 2.30. The van der Waals surface area contributed by atoms with E-state index in [9.17, 15) is 5.11 Å². The lowest BCUT2D eigenvalue weighted by atomic mass is 10.0. The molecule has 1 atom stereocenters. The molecule has 1 unspecified atom stereocenters. The molecule has 1 N–H and O–H groups in total. The number of phenols is 1. The maximum absolute atomic E-state index is 9.97. The molecule has 1 aromatic rings. The van der Waals surface area contributed by atoms with Crippen molar-refractivity contribution >= 4 is 0 Å². The molecule has 3 heteroatoms. The number of likely N-dealkylation sites (N-methyl/N-ethyl adjacent to an activating group) is 1. The quantitative estimate of drug-likeness (QED) is 0.720. The number of benzene rings is 1. The summed E-state index contributed by atoms with van der Waals surface area (Å²) < 4.78 is 5.42. The van der Waals surface area contributed by atoms with Crippen LogP contribution in [0.2, 0.25) is 0 Å². The average Bonchev–Trinajstić information content (AvgIpc) is 2.39. The van der Waals surface area contributed by atoms with Gasteiger partial charge in [0.15, 0.2) is 0 Å². The lowest BCUT2D eigenvalue weighted by molar-refractivity contribution is 0.0946. The fraction of sp³-hybridized carbons (Fsp3) is 0.600. The van der Waals surface area contributed by atoms with Crippen molar-refractivity contribution in [3.8, 4) is 5.75 Å². The Morgan fingerprint density at radius 2 is 1.94 bits per heavy atom. The van der Waals surface area contributed by atoms with Gasteiger partial charge in [0.05, 0.1) is 6.61 Å². The predicted molar refractivity (Wildman–Crippen MR) is 74.9 cm³/mol. The van der Waals surface area contributed by atoms with Crippen molar-refractivity contribution in [3.63, 3.8) is 0 Å². The van der Waals surface area contributed by atoms with E-state index in [1.54, 1.807) is 6.07 Å². The summed E-state index contributed by atoms with van der Waals surface area (Å²) in [6.07, 6.45) is 0.984. The monoisotopic (exact) mass is 251 g/mol. The van der Waals surface area contributed by atoms with Gasteiger partial charge in [-0.05, 0) is 26.0 Å². The Bertz CT molecular complexity index is 341. The lowest BCUT2D eigenvalue weighted by Gasteiger charge is -2.30. The minimum Gasteiger partial charge on any atom is -0.508 e. The van der Waals surface area contributed by atoms with Gasteiger partial charge in [0.1, 0.15) is 5.75 Å². The van der Waals surface area contributed by atoms with Gasteiger partial charge in [-0.3, -0.25) is 4.90 Å². The largest absolute Gasteiger partial charge is 0.508 e. The van der Waals surface area contributed by atoms with Gasteiger partial charge in [0, 0.05) is 24.8 Å². The Balaban J connectivity index is 2.76. The van der Waals surface area contributed by atoms with Gasteiger partial charge in [-0.1, -0.05) is 32.0 Å². The highest BCUT2D eigenvalue weighted by atomic mass is 16.5. The van der Waals surface area contributed by atoms with Crippen LogP contribution in [-0.4, -0.2) is 36.3 Å². The van der Waals surface area contributed by atoms with Crippen molar-refractivity contribution in [2.45, 2.75) is 33.2 Å². The first-order valence-corrected chi connectivity index (χ1v) is 6.84. The Morgan fingerprint density at radius 1 is 1.22 bits per heavy atom. The maximum atomic E-state index is 9.97. The first-order chi connectivity index (χ1) is 8.74. The molecule has 0 aliphatic heterocycles. The number of rotatable bonds is 8. The van der Waals surface area contributed by atoms with Gasteiger partial charge in [0.2, 0.25) is 0 Å². The van der Waals surface area contributed by atoms with E-state index in [2.05, 4.69) is 18.7 Å². The van der Waals surface area contributed by atoms with Crippen LogP contribution < -0.4 is 0 Å². The Labute approximate surface area is 110 Å². The van der Waals surface area contributed by atoms with E-state index in [0.717, 1.165) is 38.3 Å². The molecule has 18 heavy (non-hydrogen) atoms. The van der Waals surface area contributed by atoms with Crippen LogP contribution in [0.15, 0.2) is 24.3 Å². The van der Waals surface area contributed by atoms with E-state index in [0.29, 0.717) is 5.75 Å². The minimum absolute atomic E-state index is 0.261. The van der Waals surface area contributed by atoms with E-state index < -0.39 is 0 Å². The van der Waals surface area contributed by atoms with Crippen LogP contribution >= 0.6 is 0 Å². The molecule has 0 radical (unpaired) electrons. The second-order valence-electron chi connectivity index (χ2n) is 4.31. The molecule has 1 rings (SSSR count). The highest BCUT2D eigenvalue weighted by molar-refractivity contribution is 5.34. The van der Waals surface area contributed by atoms with Crippen LogP contribution in [0.4, 0.5) is 0 Å². The van der Waals surface area contributed by atoms with Gasteiger partial charge in [0.25, 0.3) is 0 Å². The van der Waals surface area contributed by atoms with Crippen molar-refractivity contribution in [3.05, 3.63) is 29.8 Å². The zero-order valence-corrected chi connectivity index (χ0v) is 11.7. The summed E-state index contributed by atoms with van der Waals surface area (Å²) in [6, 6.07) is 7.87. The van der Waals surface area contributed by atoms with E-state index >= 15 is 0 Å². The Morgan fingerprint density at radius 3 is 2.50 bits per heavy atom. The second-order valence-corrected chi connectivity index (χ2v) is 4.31. The number of aromatic hydroxyl groups is 1. The van der Waals surface area contributed by atoms with Crippen LogP contribution in [0.5, 0.6) is 5.75 Å². The molecule has 0 aliphatic carbocycles. The summed E-state index contributed by atoms with van der Waals surface area (Å²) in [4.78, 5) is 2.35. The summed E-state index contributed by atoms with van der Waals surface area (Å²) in [7, 11) is 0. The summed E-state index contributed by atoms with van der Waals surface area (Å²) >= 11 is 0. The summed E-state index contributed by atoms with van der Waals surface area (Å²) in [5, 5.41) is 9.97. The van der Waals surface area contributed by atoms with E-state index in [1.165, 1.54) is 0 Å². The first-order valence-electron chi connectivity index (χ1n) is 6.84. The summed E-state index contributed by atoms with van der Waals surface area (Å²) in [6.45, 7) is 9.67. The van der Waals surface area contributed by atoms with E-state index in [1.807, 2.05) is 25.1 Å². The number of hydrogen-bond donors (Lipinski definition) is 1. The van der Waals surface area contributed by atoms with E-state index in [4.69, 9.17) is 4.74 Å². The summed E-state index contributed by atoms with van der Waals surface area (Å²) in [5.41, 5.74) is 1.01. The zero-order chi connectivity index (χ0) is 13.4. The van der Waals surface area contributed by atoms with Crippen molar-refractivity contribution < 1.29 is 9.84 Å². The maximum Gasteiger partial charge on any atom is 0.120 e. The molecule has 0 spiro atoms. The van der Waals surface area contributed by atoms with Crippen molar-refractivity contribution in [1.29, 1.82) is 0 Å². The van der Waals surface area contributed by atoms with Crippen molar-refractivity contribution in [2.75, 3.05) is 26.3 Å². The Hall–Kier alpha value is -1.06. The molecule has 102 valence electrons. The third kappa shape index (κ3) is 4.00. The average molecular weight is 251 g/mol. The highest BCUT2D eigenvalue weighted by Crippen LogP contribution is 2.30. The molecule has 0 aliphatic rings. The highest BCUT2D eigenvalue weighted by Gasteiger charge is 2.19. The first kappa shape index (κ1) is 15.0. The fourth-order valence-corrected chi connectivity index (χ4v) is 2.30. The third-order valence-corrected chi connectivity index (χ3v) is 3.26. The van der Waals surface area contributed by atoms with Crippen LogP contribution in [-0.2, 0) is 4.74 Å². The van der Waals surface area contributed by atoms with Gasteiger partial charge in [-0.2, -0.15) is 0 Å². The number of phenolic OH excluding ortho intramolecular Hbond substituents is 1. The molecule has 0 saturated heterocycles. The lowest BCUT2D eigenvalue weighted by Crippen LogP contribution is -2.31. The standard InChI is InChI=1S/C15H25NO2/c1-4-14(13-9-7-8-10-15(13)17)16(5-2)11-12-18-6-3/h7-10,14,17H,4-6,11-12H2,1-3H3. The SMILES string of the molecule is CCOCCN(CC)C(CC)c1ccccc1O. The van der Waals surface area contributed by atoms with Crippen molar-refractivity contribution in [2.24, 2.45) is 0 Å². The molecule has 0 heterocycles. The van der Waals surface area contributed by atoms with Gasteiger partial charge < -0.3 is 9.84 Å².